The minimum absolute atomic E-state index is 0.372. The molecule has 222 valence electrons. The van der Waals surface area contributed by atoms with Crippen LogP contribution in [0.1, 0.15) is 114 Å². The van der Waals surface area contributed by atoms with Crippen molar-refractivity contribution in [3.8, 4) is 17.6 Å². The number of allylic oxidation sites excluding steroid dienone is 2. The second kappa shape index (κ2) is 16.2. The third kappa shape index (κ3) is 8.51. The maximum absolute atomic E-state index is 9.77. The minimum Gasteiger partial charge on any atom is -0.488 e. The van der Waals surface area contributed by atoms with Crippen LogP contribution in [0.25, 0.3) is 5.57 Å². The van der Waals surface area contributed by atoms with Gasteiger partial charge >= 0.3 is 0 Å². The van der Waals surface area contributed by atoms with Crippen molar-refractivity contribution in [1.29, 1.82) is 5.26 Å². The fourth-order valence-electron chi connectivity index (χ4n) is 6.15. The maximum atomic E-state index is 9.77. The highest BCUT2D eigenvalue weighted by atomic mass is 16.5. The largest absolute Gasteiger partial charge is 0.488 e. The molecule has 0 spiro atoms. The van der Waals surface area contributed by atoms with Gasteiger partial charge in [-0.2, -0.15) is 5.26 Å². The standard InChI is InChI=1S/C39H49NO2/c1-5-7-10-15-29(3)30(4)35-25-37(41-27-32-16-11-8-12-17-32)39(36-24-31(6-2)20-21-34(36)22-23-40)38(26-35)42-28-33-18-13-9-14-19-33/h8-9,11-14,16-19,25-26,29-31H,5-7,10,15,20-22,24,27-28H2,1-4H3. The van der Waals surface area contributed by atoms with Gasteiger partial charge in [0, 0.05) is 0 Å². The van der Waals surface area contributed by atoms with Crippen molar-refractivity contribution in [3.05, 3.63) is 101 Å². The summed E-state index contributed by atoms with van der Waals surface area (Å²) in [5.41, 5.74) is 7.10. The first-order valence-electron chi connectivity index (χ1n) is 16.1. The molecule has 3 aromatic carbocycles. The van der Waals surface area contributed by atoms with Crippen molar-refractivity contribution in [1.82, 2.24) is 0 Å². The lowest BCUT2D eigenvalue weighted by Crippen LogP contribution is -2.13. The summed E-state index contributed by atoms with van der Waals surface area (Å²) >= 11 is 0. The van der Waals surface area contributed by atoms with Crippen molar-refractivity contribution in [2.75, 3.05) is 0 Å². The third-order valence-electron chi connectivity index (χ3n) is 9.15. The first kappa shape index (κ1) is 31.4. The second-order valence-electron chi connectivity index (χ2n) is 12.1. The van der Waals surface area contributed by atoms with Crippen LogP contribution in [0.15, 0.2) is 78.4 Å². The second-order valence-corrected chi connectivity index (χ2v) is 12.1. The molecule has 1 aliphatic carbocycles. The summed E-state index contributed by atoms with van der Waals surface area (Å²) in [5, 5.41) is 9.77. The molecule has 0 radical (unpaired) electrons. The summed E-state index contributed by atoms with van der Waals surface area (Å²) in [5.74, 6) is 3.29. The Labute approximate surface area is 254 Å². The zero-order valence-electron chi connectivity index (χ0n) is 26.2. The van der Waals surface area contributed by atoms with Gasteiger partial charge in [0.15, 0.2) is 0 Å². The fourth-order valence-corrected chi connectivity index (χ4v) is 6.15. The van der Waals surface area contributed by atoms with Crippen LogP contribution in [0.2, 0.25) is 0 Å². The maximum Gasteiger partial charge on any atom is 0.131 e. The molecule has 3 aromatic rings. The number of hydrogen-bond donors (Lipinski definition) is 0. The zero-order chi connectivity index (χ0) is 29.7. The lowest BCUT2D eigenvalue weighted by molar-refractivity contribution is 0.286. The molecular weight excluding hydrogens is 514 g/mol. The van der Waals surface area contributed by atoms with E-state index >= 15 is 0 Å². The number of ether oxygens (including phenoxy) is 2. The van der Waals surface area contributed by atoms with E-state index in [1.54, 1.807) is 0 Å². The first-order valence-corrected chi connectivity index (χ1v) is 16.1. The van der Waals surface area contributed by atoms with Gasteiger partial charge in [-0.25, -0.2) is 0 Å². The van der Waals surface area contributed by atoms with Gasteiger partial charge in [-0.05, 0) is 71.4 Å². The van der Waals surface area contributed by atoms with Gasteiger partial charge in [0.2, 0.25) is 0 Å². The summed E-state index contributed by atoms with van der Waals surface area (Å²) in [6, 6.07) is 27.8. The van der Waals surface area contributed by atoms with E-state index in [1.165, 1.54) is 42.4 Å². The lowest BCUT2D eigenvalue weighted by Gasteiger charge is -2.30. The van der Waals surface area contributed by atoms with E-state index in [0.29, 0.717) is 37.4 Å². The summed E-state index contributed by atoms with van der Waals surface area (Å²) in [7, 11) is 0. The van der Waals surface area contributed by atoms with Crippen molar-refractivity contribution in [3.63, 3.8) is 0 Å². The molecule has 1 aliphatic rings. The van der Waals surface area contributed by atoms with Crippen LogP contribution in [0.3, 0.4) is 0 Å². The third-order valence-corrected chi connectivity index (χ3v) is 9.15. The zero-order valence-corrected chi connectivity index (χ0v) is 26.2. The van der Waals surface area contributed by atoms with E-state index in [9.17, 15) is 5.26 Å². The van der Waals surface area contributed by atoms with Crippen LogP contribution in [0, 0.1) is 23.2 Å². The SMILES string of the molecule is CCCCCC(C)C(C)c1cc(OCc2ccccc2)c(C2=C(CC#N)CCC(CC)C2)c(OCc2ccccc2)c1. The van der Waals surface area contributed by atoms with Gasteiger partial charge in [-0.3, -0.25) is 0 Å². The molecule has 3 atom stereocenters. The Bertz CT molecular complexity index is 1260. The van der Waals surface area contributed by atoms with Crippen molar-refractivity contribution in [2.45, 2.75) is 105 Å². The van der Waals surface area contributed by atoms with Gasteiger partial charge < -0.3 is 9.47 Å². The summed E-state index contributed by atoms with van der Waals surface area (Å²) in [6.07, 6.45) is 9.64. The number of benzene rings is 3. The topological polar surface area (TPSA) is 42.2 Å². The average molecular weight is 564 g/mol. The monoisotopic (exact) mass is 563 g/mol. The summed E-state index contributed by atoms with van der Waals surface area (Å²) in [6.45, 7) is 10.3. The molecule has 0 heterocycles. The van der Waals surface area contributed by atoms with Crippen LogP contribution >= 0.6 is 0 Å². The Balaban J connectivity index is 1.82. The normalized spacial score (nSPS) is 16.5. The highest BCUT2D eigenvalue weighted by Gasteiger charge is 2.28. The molecule has 3 unspecified atom stereocenters. The Morgan fingerprint density at radius 1 is 0.857 bits per heavy atom. The molecule has 4 rings (SSSR count). The van der Waals surface area contributed by atoms with Gasteiger partial charge in [0.1, 0.15) is 24.7 Å². The molecule has 3 heteroatoms. The number of nitrogens with zero attached hydrogens (tertiary/aromatic N) is 1. The highest BCUT2D eigenvalue weighted by Crippen LogP contribution is 2.47. The first-order chi connectivity index (χ1) is 20.5. The molecule has 42 heavy (non-hydrogen) atoms. The Hall–Kier alpha value is -3.51. The molecule has 0 aliphatic heterocycles. The number of rotatable bonds is 15. The minimum atomic E-state index is 0.372. The summed E-state index contributed by atoms with van der Waals surface area (Å²) in [4.78, 5) is 0. The lowest BCUT2D eigenvalue weighted by atomic mass is 9.77. The van der Waals surface area contributed by atoms with Crippen molar-refractivity contribution < 1.29 is 9.47 Å². The van der Waals surface area contributed by atoms with Gasteiger partial charge in [0.25, 0.3) is 0 Å². The molecule has 3 nitrogen and oxygen atoms in total. The highest BCUT2D eigenvalue weighted by molar-refractivity contribution is 5.79. The molecule has 0 aromatic heterocycles. The van der Waals surface area contributed by atoms with Crippen LogP contribution in [0.4, 0.5) is 0 Å². The van der Waals surface area contributed by atoms with E-state index in [1.807, 2.05) is 12.1 Å². The van der Waals surface area contributed by atoms with Crippen LogP contribution < -0.4 is 9.47 Å². The Morgan fingerprint density at radius 3 is 1.98 bits per heavy atom. The molecule has 0 N–H and O–H groups in total. The van der Waals surface area contributed by atoms with Crippen LogP contribution in [-0.2, 0) is 13.2 Å². The number of nitriles is 1. The molecule has 0 bridgehead atoms. The average Bonchev–Trinajstić information content (AvgIpc) is 3.03. The molecule has 0 amide bonds. The molecule has 0 saturated carbocycles. The van der Waals surface area contributed by atoms with Crippen molar-refractivity contribution in [2.24, 2.45) is 11.8 Å². The fraction of sp³-hybridized carbons (Fsp3) is 0.462. The van der Waals surface area contributed by atoms with E-state index < -0.39 is 0 Å². The predicted molar refractivity (Wildman–Crippen MR) is 174 cm³/mol. The molecule has 0 fully saturated rings. The van der Waals surface area contributed by atoms with Gasteiger partial charge in [-0.15, -0.1) is 0 Å². The molecule has 0 saturated heterocycles. The van der Waals surface area contributed by atoms with Crippen LogP contribution in [0.5, 0.6) is 11.5 Å². The van der Waals surface area contributed by atoms with Gasteiger partial charge in [0.05, 0.1) is 18.1 Å². The van der Waals surface area contributed by atoms with Crippen molar-refractivity contribution >= 4 is 5.57 Å². The van der Waals surface area contributed by atoms with Gasteiger partial charge in [-0.1, -0.05) is 126 Å². The molecular formula is C39H49NO2. The number of unbranched alkanes of at least 4 members (excludes halogenated alkanes) is 2. The van der Waals surface area contributed by atoms with E-state index in [0.717, 1.165) is 53.9 Å². The summed E-state index contributed by atoms with van der Waals surface area (Å²) < 4.78 is 13.5. The van der Waals surface area contributed by atoms with E-state index in [-0.39, 0.29) is 0 Å². The van der Waals surface area contributed by atoms with E-state index in [4.69, 9.17) is 9.47 Å². The quantitative estimate of drug-likeness (QED) is 0.173. The van der Waals surface area contributed by atoms with Crippen LogP contribution in [-0.4, -0.2) is 0 Å². The Morgan fingerprint density at radius 2 is 1.45 bits per heavy atom. The Kier molecular flexibility index (Phi) is 12.1. The van der Waals surface area contributed by atoms with E-state index in [2.05, 4.69) is 94.4 Å². The predicted octanol–water partition coefficient (Wildman–Crippen LogP) is 11.0. The smallest absolute Gasteiger partial charge is 0.131 e. The number of hydrogen-bond acceptors (Lipinski definition) is 3.